The zero-order valence-electron chi connectivity index (χ0n) is 8.92. The highest BCUT2D eigenvalue weighted by Crippen LogP contribution is 2.25. The fourth-order valence-corrected chi connectivity index (χ4v) is 1.55. The number of aliphatic carboxylic acids is 1. The van der Waals surface area contributed by atoms with E-state index in [1.807, 2.05) is 6.92 Å². The third-order valence-electron chi connectivity index (χ3n) is 2.36. The highest BCUT2D eigenvalue weighted by Gasteiger charge is 2.27. The van der Waals surface area contributed by atoms with E-state index in [2.05, 4.69) is 5.10 Å². The van der Waals surface area contributed by atoms with Crippen molar-refractivity contribution < 1.29 is 15.0 Å². The molecule has 5 nitrogen and oxygen atoms in total. The highest BCUT2D eigenvalue weighted by molar-refractivity contribution is 5.70. The van der Waals surface area contributed by atoms with Gasteiger partial charge in [0.2, 0.25) is 0 Å². The maximum atomic E-state index is 10.9. The third-order valence-corrected chi connectivity index (χ3v) is 2.36. The van der Waals surface area contributed by atoms with Crippen LogP contribution in [0, 0.1) is 5.92 Å². The van der Waals surface area contributed by atoms with Crippen LogP contribution in [-0.2, 0) is 11.8 Å². The molecule has 1 aromatic rings. The smallest absolute Gasteiger partial charge is 0.309 e. The predicted molar refractivity (Wildman–Crippen MR) is 54.2 cm³/mol. The molecule has 2 unspecified atom stereocenters. The molecule has 0 spiro atoms. The van der Waals surface area contributed by atoms with Crippen molar-refractivity contribution in [2.75, 3.05) is 0 Å². The van der Waals surface area contributed by atoms with Gasteiger partial charge in [0.15, 0.2) is 0 Å². The van der Waals surface area contributed by atoms with E-state index in [-0.39, 0.29) is 0 Å². The number of carboxylic acids is 1. The van der Waals surface area contributed by atoms with Gasteiger partial charge < -0.3 is 10.2 Å². The number of rotatable bonds is 5. The first-order valence-corrected chi connectivity index (χ1v) is 4.95. The Balaban J connectivity index is 2.80. The SMILES string of the molecule is CCCC(C(=O)O)C(O)c1cnn(C)c1. The van der Waals surface area contributed by atoms with Crippen molar-refractivity contribution in [3.05, 3.63) is 18.0 Å². The second-order valence-corrected chi connectivity index (χ2v) is 3.63. The Morgan fingerprint density at radius 1 is 1.67 bits per heavy atom. The standard InChI is InChI=1S/C10H16N2O3/c1-3-4-8(10(14)15)9(13)7-5-11-12(2)6-7/h5-6,8-9,13H,3-4H2,1-2H3,(H,14,15). The summed E-state index contributed by atoms with van der Waals surface area (Å²) in [6.45, 7) is 1.89. The van der Waals surface area contributed by atoms with Crippen molar-refractivity contribution >= 4 is 5.97 Å². The van der Waals surface area contributed by atoms with Gasteiger partial charge in [-0.1, -0.05) is 13.3 Å². The van der Waals surface area contributed by atoms with Gasteiger partial charge in [-0.15, -0.1) is 0 Å². The van der Waals surface area contributed by atoms with Crippen LogP contribution in [0.4, 0.5) is 0 Å². The molecule has 15 heavy (non-hydrogen) atoms. The fourth-order valence-electron chi connectivity index (χ4n) is 1.55. The summed E-state index contributed by atoms with van der Waals surface area (Å²) >= 11 is 0. The largest absolute Gasteiger partial charge is 0.481 e. The second kappa shape index (κ2) is 4.93. The van der Waals surface area contributed by atoms with E-state index < -0.39 is 18.0 Å². The predicted octanol–water partition coefficient (Wildman–Crippen LogP) is 0.954. The number of carbonyl (C=O) groups is 1. The molecule has 0 aliphatic heterocycles. The minimum atomic E-state index is -0.976. The number of hydrogen-bond donors (Lipinski definition) is 2. The minimum absolute atomic E-state index is 0.464. The Kier molecular flexibility index (Phi) is 3.85. The second-order valence-electron chi connectivity index (χ2n) is 3.63. The lowest BCUT2D eigenvalue weighted by molar-refractivity contribution is -0.146. The summed E-state index contributed by atoms with van der Waals surface area (Å²) in [7, 11) is 1.73. The molecule has 2 atom stereocenters. The van der Waals surface area contributed by atoms with E-state index >= 15 is 0 Å². The van der Waals surface area contributed by atoms with Gasteiger partial charge >= 0.3 is 5.97 Å². The Bertz CT molecular complexity index is 335. The summed E-state index contributed by atoms with van der Waals surface area (Å²) in [5, 5.41) is 22.7. The van der Waals surface area contributed by atoms with Crippen LogP contribution in [0.15, 0.2) is 12.4 Å². The number of aryl methyl sites for hydroxylation is 1. The van der Waals surface area contributed by atoms with Crippen LogP contribution < -0.4 is 0 Å². The average molecular weight is 212 g/mol. The van der Waals surface area contributed by atoms with Crippen molar-refractivity contribution in [1.29, 1.82) is 0 Å². The summed E-state index contributed by atoms with van der Waals surface area (Å²) in [6, 6.07) is 0. The lowest BCUT2D eigenvalue weighted by atomic mass is 9.94. The molecule has 1 rings (SSSR count). The van der Waals surface area contributed by atoms with E-state index in [9.17, 15) is 9.90 Å². The first-order valence-electron chi connectivity index (χ1n) is 4.95. The number of aliphatic hydroxyl groups is 1. The van der Waals surface area contributed by atoms with Gasteiger partial charge in [0.25, 0.3) is 0 Å². The number of aliphatic hydroxyl groups excluding tert-OH is 1. The van der Waals surface area contributed by atoms with E-state index in [4.69, 9.17) is 5.11 Å². The lowest BCUT2D eigenvalue weighted by Crippen LogP contribution is -2.21. The Hall–Kier alpha value is -1.36. The van der Waals surface area contributed by atoms with Gasteiger partial charge in [-0.2, -0.15) is 5.10 Å². The summed E-state index contributed by atoms with van der Waals surface area (Å²) in [6.07, 6.45) is 3.35. The fraction of sp³-hybridized carbons (Fsp3) is 0.600. The molecule has 0 aromatic carbocycles. The van der Waals surface area contributed by atoms with Crippen molar-refractivity contribution in [1.82, 2.24) is 9.78 Å². The van der Waals surface area contributed by atoms with Crippen LogP contribution >= 0.6 is 0 Å². The van der Waals surface area contributed by atoms with Crippen LogP contribution in [0.25, 0.3) is 0 Å². The maximum absolute atomic E-state index is 10.9. The van der Waals surface area contributed by atoms with E-state index in [1.54, 1.807) is 17.9 Å². The van der Waals surface area contributed by atoms with Gasteiger partial charge in [-0.05, 0) is 6.42 Å². The zero-order valence-corrected chi connectivity index (χ0v) is 8.92. The first-order chi connectivity index (χ1) is 7.06. The molecule has 2 N–H and O–H groups in total. The Morgan fingerprint density at radius 3 is 2.73 bits per heavy atom. The number of aromatic nitrogens is 2. The molecule has 0 fully saturated rings. The molecular formula is C10H16N2O3. The number of carboxylic acid groups (broad SMARTS) is 1. The maximum Gasteiger partial charge on any atom is 0.309 e. The summed E-state index contributed by atoms with van der Waals surface area (Å²) < 4.78 is 1.55. The molecule has 0 saturated heterocycles. The Labute approximate surface area is 88.3 Å². The molecule has 0 saturated carbocycles. The molecule has 84 valence electrons. The molecule has 0 aliphatic carbocycles. The van der Waals surface area contributed by atoms with Crippen molar-refractivity contribution in [2.45, 2.75) is 25.9 Å². The highest BCUT2D eigenvalue weighted by atomic mass is 16.4. The summed E-state index contributed by atoms with van der Waals surface area (Å²) in [5.74, 6) is -1.72. The molecule has 0 amide bonds. The molecule has 5 heteroatoms. The molecule has 0 bridgehead atoms. The van der Waals surface area contributed by atoms with E-state index in [1.165, 1.54) is 6.20 Å². The normalized spacial score (nSPS) is 14.9. The summed E-state index contributed by atoms with van der Waals surface area (Å²) in [4.78, 5) is 10.9. The third kappa shape index (κ3) is 2.79. The van der Waals surface area contributed by atoms with Gasteiger partial charge in [0.1, 0.15) is 0 Å². The van der Waals surface area contributed by atoms with Crippen LogP contribution in [-0.4, -0.2) is 26.0 Å². The molecule has 1 aromatic heterocycles. The number of nitrogens with zero attached hydrogens (tertiary/aromatic N) is 2. The Morgan fingerprint density at radius 2 is 2.33 bits per heavy atom. The van der Waals surface area contributed by atoms with Gasteiger partial charge in [0, 0.05) is 18.8 Å². The molecular weight excluding hydrogens is 196 g/mol. The summed E-state index contributed by atoms with van der Waals surface area (Å²) in [5.41, 5.74) is 0.554. The van der Waals surface area contributed by atoms with Crippen molar-refractivity contribution in [2.24, 2.45) is 13.0 Å². The molecule has 0 radical (unpaired) electrons. The minimum Gasteiger partial charge on any atom is -0.481 e. The van der Waals surface area contributed by atoms with Gasteiger partial charge in [-0.25, -0.2) is 0 Å². The van der Waals surface area contributed by atoms with E-state index in [0.717, 1.165) is 6.42 Å². The van der Waals surface area contributed by atoms with Crippen LogP contribution in [0.3, 0.4) is 0 Å². The molecule has 0 aliphatic rings. The van der Waals surface area contributed by atoms with Crippen LogP contribution in [0.2, 0.25) is 0 Å². The van der Waals surface area contributed by atoms with Crippen LogP contribution in [0.5, 0.6) is 0 Å². The van der Waals surface area contributed by atoms with Crippen LogP contribution in [0.1, 0.15) is 31.4 Å². The topological polar surface area (TPSA) is 75.3 Å². The molecule has 1 heterocycles. The zero-order chi connectivity index (χ0) is 11.4. The van der Waals surface area contributed by atoms with Crippen molar-refractivity contribution in [3.63, 3.8) is 0 Å². The monoisotopic (exact) mass is 212 g/mol. The van der Waals surface area contributed by atoms with E-state index in [0.29, 0.717) is 12.0 Å². The quantitative estimate of drug-likeness (QED) is 0.762. The first kappa shape index (κ1) is 11.7. The van der Waals surface area contributed by atoms with Gasteiger partial charge in [0.05, 0.1) is 18.2 Å². The van der Waals surface area contributed by atoms with Gasteiger partial charge in [-0.3, -0.25) is 9.48 Å². The average Bonchev–Trinajstić information content (AvgIpc) is 2.59. The lowest BCUT2D eigenvalue weighted by Gasteiger charge is -2.16. The number of hydrogen-bond acceptors (Lipinski definition) is 3. The van der Waals surface area contributed by atoms with Crippen molar-refractivity contribution in [3.8, 4) is 0 Å².